The lowest BCUT2D eigenvalue weighted by molar-refractivity contribution is -0.110. The number of amides is 1. The molecular formula is C22H30N8O2. The number of aromatic nitrogens is 5. The van der Waals surface area contributed by atoms with Crippen molar-refractivity contribution in [3.05, 3.63) is 30.1 Å². The average Bonchev–Trinajstić information content (AvgIpc) is 3.22. The Kier molecular flexibility index (Phi) is 6.20. The fraction of sp³-hybridized carbons (Fsp3) is 0.545. The highest BCUT2D eigenvalue weighted by Gasteiger charge is 2.26. The largest absolute Gasteiger partial charge is 0.381 e. The van der Waals surface area contributed by atoms with E-state index in [0.717, 1.165) is 68.7 Å². The van der Waals surface area contributed by atoms with Gasteiger partial charge in [0.15, 0.2) is 11.6 Å². The minimum Gasteiger partial charge on any atom is -0.381 e. The quantitative estimate of drug-likeness (QED) is 0.507. The summed E-state index contributed by atoms with van der Waals surface area (Å²) >= 11 is 0. The Morgan fingerprint density at radius 3 is 2.72 bits per heavy atom. The second-order valence-corrected chi connectivity index (χ2v) is 8.57. The van der Waals surface area contributed by atoms with Crippen LogP contribution in [0, 0.1) is 0 Å². The van der Waals surface area contributed by atoms with E-state index in [-0.39, 0.29) is 0 Å². The third kappa shape index (κ3) is 4.85. The van der Waals surface area contributed by atoms with Gasteiger partial charge >= 0.3 is 0 Å². The fourth-order valence-corrected chi connectivity index (χ4v) is 4.15. The molecule has 170 valence electrons. The predicted molar refractivity (Wildman–Crippen MR) is 121 cm³/mol. The van der Waals surface area contributed by atoms with Crippen molar-refractivity contribution in [1.82, 2.24) is 30.1 Å². The van der Waals surface area contributed by atoms with E-state index < -0.39 is 0 Å². The van der Waals surface area contributed by atoms with Gasteiger partial charge in [0.05, 0.1) is 0 Å². The number of carbonyl (C=O) groups excluding carboxylic acids is 1. The molecule has 3 aliphatic rings. The van der Waals surface area contributed by atoms with Crippen molar-refractivity contribution in [1.29, 1.82) is 0 Å². The molecule has 3 N–H and O–H groups in total. The Hall–Kier alpha value is -3.14. The van der Waals surface area contributed by atoms with Crippen molar-refractivity contribution in [3.8, 4) is 0 Å². The molecule has 0 bridgehead atoms. The topological polar surface area (TPSA) is 112 Å². The first kappa shape index (κ1) is 20.7. The van der Waals surface area contributed by atoms with Crippen LogP contribution in [0.2, 0.25) is 0 Å². The van der Waals surface area contributed by atoms with Crippen LogP contribution in [0.4, 0.5) is 17.6 Å². The Morgan fingerprint density at radius 1 is 1.16 bits per heavy atom. The van der Waals surface area contributed by atoms with Gasteiger partial charge < -0.3 is 20.3 Å². The van der Waals surface area contributed by atoms with Crippen LogP contribution in [-0.4, -0.2) is 63.6 Å². The second kappa shape index (κ2) is 9.56. The van der Waals surface area contributed by atoms with E-state index in [9.17, 15) is 4.79 Å². The van der Waals surface area contributed by atoms with E-state index in [2.05, 4.69) is 36.9 Å². The van der Waals surface area contributed by atoms with Crippen LogP contribution in [0.25, 0.3) is 5.52 Å². The zero-order valence-corrected chi connectivity index (χ0v) is 18.2. The zero-order chi connectivity index (χ0) is 21.8. The van der Waals surface area contributed by atoms with Crippen LogP contribution in [0.15, 0.2) is 24.4 Å². The third-order valence-corrected chi connectivity index (χ3v) is 6.16. The van der Waals surface area contributed by atoms with E-state index in [1.54, 1.807) is 0 Å². The number of H-pyrrole nitrogens is 1. The molecule has 2 aliphatic heterocycles. The summed E-state index contributed by atoms with van der Waals surface area (Å²) in [6.07, 6.45) is 9.57. The van der Waals surface area contributed by atoms with Crippen molar-refractivity contribution in [2.75, 3.05) is 36.5 Å². The van der Waals surface area contributed by atoms with Gasteiger partial charge in [0.2, 0.25) is 12.4 Å². The van der Waals surface area contributed by atoms with Gasteiger partial charge in [0.1, 0.15) is 5.52 Å². The minimum absolute atomic E-state index is 0.358. The highest BCUT2D eigenvalue weighted by atomic mass is 16.5. The van der Waals surface area contributed by atoms with E-state index in [0.29, 0.717) is 12.0 Å². The summed E-state index contributed by atoms with van der Waals surface area (Å²) in [7, 11) is 0. The highest BCUT2D eigenvalue weighted by molar-refractivity contribution is 5.73. The van der Waals surface area contributed by atoms with Crippen molar-refractivity contribution < 1.29 is 9.53 Å². The summed E-state index contributed by atoms with van der Waals surface area (Å²) in [4.78, 5) is 16.9. The standard InChI is InChI=1S/C16H19N7.C6H11NO2/c1-2-8-22(7-1)16-18-15(13-4-3-9-23(13)21-16)17-14-10-12(19-20-14)11-5-6-11;8-5-7-6-1-3-9-4-2-6/h3-4,9-11H,1-2,5-8H2,(H2,17,18,19,20,21);5-6H,1-4H2,(H,7,8). The van der Waals surface area contributed by atoms with Gasteiger partial charge in [-0.3, -0.25) is 9.89 Å². The fourth-order valence-electron chi connectivity index (χ4n) is 4.15. The molecule has 3 aromatic rings. The maximum Gasteiger partial charge on any atom is 0.245 e. The number of nitrogens with zero attached hydrogens (tertiary/aromatic N) is 5. The SMILES string of the molecule is O=CNC1CCOCC1.c1cc2c(Nc3cc(C4CC4)[nH]n3)nc(N3CCCC3)nn2c1. The van der Waals surface area contributed by atoms with Gasteiger partial charge in [-0.2, -0.15) is 10.1 Å². The van der Waals surface area contributed by atoms with Gasteiger partial charge in [-0.15, -0.1) is 5.10 Å². The molecule has 3 aromatic heterocycles. The highest BCUT2D eigenvalue weighted by Crippen LogP contribution is 2.39. The maximum absolute atomic E-state index is 9.92. The molecule has 6 rings (SSSR count). The van der Waals surface area contributed by atoms with Crippen LogP contribution in [0.5, 0.6) is 0 Å². The van der Waals surface area contributed by atoms with Crippen molar-refractivity contribution in [2.24, 2.45) is 0 Å². The van der Waals surface area contributed by atoms with Crippen molar-refractivity contribution >= 4 is 29.5 Å². The third-order valence-electron chi connectivity index (χ3n) is 6.16. The molecule has 10 nitrogen and oxygen atoms in total. The average molecular weight is 439 g/mol. The molecule has 0 spiro atoms. The number of fused-ring (bicyclic) bond motifs is 1. The molecule has 0 aromatic carbocycles. The van der Waals surface area contributed by atoms with Gasteiger partial charge in [0, 0.05) is 56.2 Å². The lowest BCUT2D eigenvalue weighted by Gasteiger charge is -2.20. The first-order chi connectivity index (χ1) is 15.8. The smallest absolute Gasteiger partial charge is 0.245 e. The van der Waals surface area contributed by atoms with E-state index in [1.165, 1.54) is 31.4 Å². The summed E-state index contributed by atoms with van der Waals surface area (Å²) in [5.41, 5.74) is 2.18. The second-order valence-electron chi connectivity index (χ2n) is 8.57. The molecular weight excluding hydrogens is 408 g/mol. The monoisotopic (exact) mass is 438 g/mol. The molecule has 1 amide bonds. The Morgan fingerprint density at radius 2 is 1.97 bits per heavy atom. The molecule has 5 heterocycles. The Balaban J connectivity index is 0.000000203. The Labute approximate surface area is 186 Å². The zero-order valence-electron chi connectivity index (χ0n) is 18.2. The van der Waals surface area contributed by atoms with Gasteiger partial charge in [-0.1, -0.05) is 0 Å². The lowest BCUT2D eigenvalue weighted by atomic mass is 10.1. The number of hydrogen-bond acceptors (Lipinski definition) is 7. The first-order valence-electron chi connectivity index (χ1n) is 11.5. The number of carbonyl (C=O) groups is 1. The summed E-state index contributed by atoms with van der Waals surface area (Å²) < 4.78 is 6.98. The molecule has 1 saturated carbocycles. The van der Waals surface area contributed by atoms with E-state index >= 15 is 0 Å². The van der Waals surface area contributed by atoms with Gasteiger partial charge in [-0.25, -0.2) is 4.52 Å². The number of aromatic amines is 1. The molecule has 0 unspecified atom stereocenters. The molecule has 0 radical (unpaired) electrons. The number of nitrogens with one attached hydrogen (secondary N) is 3. The van der Waals surface area contributed by atoms with E-state index in [4.69, 9.17) is 9.72 Å². The summed E-state index contributed by atoms with van der Waals surface area (Å²) in [5.74, 6) is 3.07. The summed E-state index contributed by atoms with van der Waals surface area (Å²) in [5, 5.41) is 18.2. The maximum atomic E-state index is 9.92. The molecule has 0 atom stereocenters. The summed E-state index contributed by atoms with van der Waals surface area (Å²) in [6, 6.07) is 6.46. The first-order valence-corrected chi connectivity index (χ1v) is 11.5. The van der Waals surface area contributed by atoms with Crippen LogP contribution in [-0.2, 0) is 9.53 Å². The van der Waals surface area contributed by atoms with Crippen molar-refractivity contribution in [2.45, 2.75) is 50.5 Å². The molecule has 3 fully saturated rings. The summed E-state index contributed by atoms with van der Waals surface area (Å²) in [6.45, 7) is 3.62. The molecule has 32 heavy (non-hydrogen) atoms. The van der Waals surface area contributed by atoms with Crippen LogP contribution in [0.3, 0.4) is 0 Å². The molecule has 1 aliphatic carbocycles. The Bertz CT molecular complexity index is 1030. The number of hydrogen-bond donors (Lipinski definition) is 3. The molecule has 2 saturated heterocycles. The van der Waals surface area contributed by atoms with Gasteiger partial charge in [-0.05, 0) is 50.7 Å². The van der Waals surface area contributed by atoms with Crippen LogP contribution < -0.4 is 15.5 Å². The van der Waals surface area contributed by atoms with Crippen LogP contribution in [0.1, 0.15) is 50.1 Å². The molecule has 10 heteroatoms. The predicted octanol–water partition coefficient (Wildman–Crippen LogP) is 2.58. The normalized spacial score (nSPS) is 18.9. The van der Waals surface area contributed by atoms with Crippen molar-refractivity contribution in [3.63, 3.8) is 0 Å². The number of anilines is 3. The lowest BCUT2D eigenvalue weighted by Crippen LogP contribution is -2.33. The van der Waals surface area contributed by atoms with Crippen LogP contribution >= 0.6 is 0 Å². The van der Waals surface area contributed by atoms with Gasteiger partial charge in [0.25, 0.3) is 0 Å². The minimum atomic E-state index is 0.358. The number of rotatable bonds is 6. The number of ether oxygens (including phenoxy) is 1. The van der Waals surface area contributed by atoms with E-state index in [1.807, 2.05) is 22.8 Å².